The summed E-state index contributed by atoms with van der Waals surface area (Å²) < 4.78 is 60.1. The molecule has 8 N–H and O–H groups in total. The average Bonchev–Trinajstić information content (AvgIpc) is 2.77. The highest BCUT2D eigenvalue weighted by molar-refractivity contribution is 7.92. The zero-order valence-electron chi connectivity index (χ0n) is 18.6. The zero-order chi connectivity index (χ0) is 27.7. The smallest absolute Gasteiger partial charge is 0.475 e. The molecule has 13 nitrogen and oxygen atoms in total. The van der Waals surface area contributed by atoms with E-state index in [0.29, 0.717) is 5.69 Å². The summed E-state index contributed by atoms with van der Waals surface area (Å²) in [6, 6.07) is 9.27. The van der Waals surface area contributed by atoms with E-state index < -0.39 is 45.6 Å². The maximum Gasteiger partial charge on any atom is 0.490 e. The quantitative estimate of drug-likeness (QED) is 0.113. The molecule has 2 rings (SSSR count). The molecule has 198 valence electrons. The number of nitrogens with one attached hydrogen (secondary N) is 3. The number of rotatable bonds is 9. The number of hydrogen-bond acceptors (Lipinski definition) is 7. The first-order valence-corrected chi connectivity index (χ1v) is 11.2. The summed E-state index contributed by atoms with van der Waals surface area (Å²) in [5, 5.41) is 14.1. The molecule has 17 heteroatoms. The number of pyridine rings is 1. The molecule has 0 aliphatic rings. The fraction of sp³-hybridized carbons (Fsp3) is 0.263. The summed E-state index contributed by atoms with van der Waals surface area (Å²) in [6.45, 7) is 1.50. The Labute approximate surface area is 202 Å². The van der Waals surface area contributed by atoms with E-state index in [4.69, 9.17) is 31.6 Å². The Morgan fingerprint density at radius 1 is 1.17 bits per heavy atom. The number of alkyl halides is 3. The van der Waals surface area contributed by atoms with Crippen LogP contribution in [0.15, 0.2) is 52.2 Å². The number of guanidine groups is 1. The van der Waals surface area contributed by atoms with Crippen molar-refractivity contribution in [3.8, 4) is 0 Å². The number of anilines is 1. The van der Waals surface area contributed by atoms with E-state index in [2.05, 4.69) is 10.2 Å². The highest BCUT2D eigenvalue weighted by Crippen LogP contribution is 2.17. The predicted octanol–water partition coefficient (Wildman–Crippen LogP) is 0.422. The van der Waals surface area contributed by atoms with E-state index in [9.17, 15) is 31.2 Å². The van der Waals surface area contributed by atoms with Gasteiger partial charge in [-0.15, -0.1) is 0 Å². The first-order chi connectivity index (χ1) is 16.6. The second kappa shape index (κ2) is 12.5. The van der Waals surface area contributed by atoms with Gasteiger partial charge >= 0.3 is 12.1 Å². The van der Waals surface area contributed by atoms with Crippen LogP contribution in [0, 0.1) is 12.3 Å². The number of nitrogens with zero attached hydrogens (tertiary/aromatic N) is 1. The molecule has 0 aliphatic heterocycles. The van der Waals surface area contributed by atoms with Gasteiger partial charge in [0.15, 0.2) is 0 Å². The first-order valence-electron chi connectivity index (χ1n) is 9.69. The maximum atomic E-state index is 12.9. The van der Waals surface area contributed by atoms with E-state index >= 15 is 0 Å². The molecule has 1 atom stereocenters. The highest BCUT2D eigenvalue weighted by Gasteiger charge is 2.38. The fourth-order valence-corrected chi connectivity index (χ4v) is 3.69. The van der Waals surface area contributed by atoms with Crippen LogP contribution in [0.25, 0.3) is 0 Å². The summed E-state index contributed by atoms with van der Waals surface area (Å²) in [6.07, 6.45) is -5.09. The number of aryl methyl sites for hydroxylation is 1. The van der Waals surface area contributed by atoms with Crippen LogP contribution in [-0.4, -0.2) is 48.7 Å². The number of carbonyl (C=O) groups excluding carboxylic acids is 1. The highest BCUT2D eigenvalue weighted by atomic mass is 32.2. The van der Waals surface area contributed by atoms with Gasteiger partial charge in [0.05, 0.1) is 11.5 Å². The number of carboxylic acid groups (broad SMARTS) is 1. The Balaban J connectivity index is 0.000000809. The zero-order valence-corrected chi connectivity index (χ0v) is 19.4. The Bertz CT molecular complexity index is 1250. The monoisotopic (exact) mass is 536 g/mol. The number of aliphatic carboxylic acids is 1. The molecule has 1 heterocycles. The number of halogens is 3. The second-order valence-electron chi connectivity index (χ2n) is 6.86. The van der Waals surface area contributed by atoms with Gasteiger partial charge in [0.2, 0.25) is 11.9 Å². The number of aromatic nitrogens is 1. The van der Waals surface area contributed by atoms with Crippen LogP contribution in [-0.2, 0) is 24.4 Å². The first kappa shape index (κ1) is 29.9. The van der Waals surface area contributed by atoms with Crippen molar-refractivity contribution in [3.63, 3.8) is 0 Å². The standard InChI is InChI=1S/C17H22N6O5S.C2HF3O2/c1-11-7-8-13(22-29(26,27)12-5-3-2-4-6-12)16(25)23(11)14(15(18)24)9-10-28-21-17(19)20;3-2(4,5)1(6)7/h2-8,14,22H,9-10H2,1H3,(H2,18,24)(H4,19,20,21);(H,6,7). The van der Waals surface area contributed by atoms with E-state index in [0.717, 1.165) is 4.57 Å². The van der Waals surface area contributed by atoms with Crippen molar-refractivity contribution in [2.75, 3.05) is 11.3 Å². The number of carbonyl (C=O) groups is 2. The van der Waals surface area contributed by atoms with Crippen LogP contribution in [0.1, 0.15) is 18.2 Å². The Kier molecular flexibility index (Phi) is 10.4. The van der Waals surface area contributed by atoms with Gasteiger partial charge in [0.25, 0.3) is 15.6 Å². The number of carboxylic acids is 1. The predicted molar refractivity (Wildman–Crippen MR) is 120 cm³/mol. The molecule has 1 aromatic carbocycles. The minimum absolute atomic E-state index is 0.00868. The van der Waals surface area contributed by atoms with Gasteiger partial charge in [0.1, 0.15) is 11.7 Å². The lowest BCUT2D eigenvalue weighted by atomic mass is 10.1. The largest absolute Gasteiger partial charge is 0.490 e. The molecule has 0 radical (unpaired) electrons. The van der Waals surface area contributed by atoms with Crippen LogP contribution in [0.3, 0.4) is 0 Å². The molecule has 0 saturated carbocycles. The van der Waals surface area contributed by atoms with Gasteiger partial charge in [-0.25, -0.2) is 18.7 Å². The van der Waals surface area contributed by atoms with Crippen LogP contribution >= 0.6 is 0 Å². The van der Waals surface area contributed by atoms with Gasteiger partial charge < -0.3 is 16.6 Å². The third-order valence-corrected chi connectivity index (χ3v) is 5.56. The molecule has 0 fully saturated rings. The van der Waals surface area contributed by atoms with E-state index in [1.807, 2.05) is 0 Å². The Morgan fingerprint density at radius 3 is 2.19 bits per heavy atom. The van der Waals surface area contributed by atoms with Gasteiger partial charge in [0, 0.05) is 12.1 Å². The van der Waals surface area contributed by atoms with Crippen LogP contribution < -0.4 is 27.2 Å². The van der Waals surface area contributed by atoms with Gasteiger partial charge in [-0.3, -0.25) is 29.1 Å². The minimum atomic E-state index is -5.08. The molecule has 0 bridgehead atoms. The fourth-order valence-electron chi connectivity index (χ4n) is 2.61. The topological polar surface area (TPSA) is 220 Å². The molecule has 1 amide bonds. The average molecular weight is 536 g/mol. The maximum absolute atomic E-state index is 12.9. The number of primary amides is 1. The molecule has 2 aromatic rings. The molecule has 1 unspecified atom stereocenters. The summed E-state index contributed by atoms with van der Waals surface area (Å²) >= 11 is 0. The molecular formula is C19H23F3N6O7S. The molecule has 1 aromatic heterocycles. The van der Waals surface area contributed by atoms with Gasteiger partial charge in [-0.2, -0.15) is 13.2 Å². The molecule has 0 spiro atoms. The molecular weight excluding hydrogens is 513 g/mol. The van der Waals surface area contributed by atoms with E-state index in [-0.39, 0.29) is 23.6 Å². The summed E-state index contributed by atoms with van der Waals surface area (Å²) in [5.74, 6) is -3.98. The van der Waals surface area contributed by atoms with Crippen molar-refractivity contribution >= 4 is 33.5 Å². The van der Waals surface area contributed by atoms with Crippen molar-refractivity contribution in [2.45, 2.75) is 30.5 Å². The van der Waals surface area contributed by atoms with Gasteiger partial charge in [-0.05, 0) is 31.2 Å². The lowest BCUT2D eigenvalue weighted by molar-refractivity contribution is -0.192. The van der Waals surface area contributed by atoms with Crippen molar-refractivity contribution in [1.29, 1.82) is 5.41 Å². The SMILES string of the molecule is Cc1ccc(NS(=O)(=O)c2ccccc2)c(=O)n1C(CCONC(=N)N)C(N)=O.O=C(O)C(F)(F)F. The van der Waals surface area contributed by atoms with Crippen LogP contribution in [0.4, 0.5) is 18.9 Å². The van der Waals surface area contributed by atoms with Crippen LogP contribution in [0.2, 0.25) is 0 Å². The summed E-state index contributed by atoms with van der Waals surface area (Å²) in [4.78, 5) is 38.6. The van der Waals surface area contributed by atoms with Crippen molar-refractivity contribution in [1.82, 2.24) is 10.0 Å². The molecule has 0 aliphatic carbocycles. The van der Waals surface area contributed by atoms with E-state index in [1.165, 1.54) is 24.3 Å². The number of amides is 1. The Morgan fingerprint density at radius 2 is 1.72 bits per heavy atom. The lowest BCUT2D eigenvalue weighted by Gasteiger charge is -2.20. The van der Waals surface area contributed by atoms with Crippen molar-refractivity contribution < 1.29 is 41.1 Å². The van der Waals surface area contributed by atoms with Crippen LogP contribution in [0.5, 0.6) is 0 Å². The minimum Gasteiger partial charge on any atom is -0.475 e. The second-order valence-corrected chi connectivity index (χ2v) is 8.54. The number of benzene rings is 1. The molecule has 36 heavy (non-hydrogen) atoms. The summed E-state index contributed by atoms with van der Waals surface area (Å²) in [5.41, 5.74) is 12.1. The molecule has 0 saturated heterocycles. The third-order valence-electron chi connectivity index (χ3n) is 4.18. The number of hydroxylamine groups is 1. The van der Waals surface area contributed by atoms with Crippen molar-refractivity contribution in [3.05, 3.63) is 58.5 Å². The van der Waals surface area contributed by atoms with Gasteiger partial charge in [-0.1, -0.05) is 18.2 Å². The van der Waals surface area contributed by atoms with Crippen molar-refractivity contribution in [2.24, 2.45) is 11.5 Å². The number of nitrogens with two attached hydrogens (primary N) is 2. The Hall–Kier alpha value is -4.12. The lowest BCUT2D eigenvalue weighted by Crippen LogP contribution is -2.38. The third kappa shape index (κ3) is 8.91. The van der Waals surface area contributed by atoms with E-state index in [1.54, 1.807) is 25.1 Å². The normalized spacial score (nSPS) is 12.0. The number of sulfonamides is 1. The summed E-state index contributed by atoms with van der Waals surface area (Å²) in [7, 11) is -3.99. The number of hydrogen-bond donors (Lipinski definition) is 6.